The van der Waals surface area contributed by atoms with Gasteiger partial charge in [-0.05, 0) is 25.0 Å². The topological polar surface area (TPSA) is 75.2 Å². The molecule has 0 aliphatic heterocycles. The lowest BCUT2D eigenvalue weighted by Gasteiger charge is -2.20. The molecule has 1 fully saturated rings. The van der Waals surface area contributed by atoms with E-state index in [1.54, 1.807) is 0 Å². The van der Waals surface area contributed by atoms with E-state index >= 15 is 0 Å². The first kappa shape index (κ1) is 19.6. The van der Waals surface area contributed by atoms with Crippen LogP contribution >= 0.6 is 0 Å². The van der Waals surface area contributed by atoms with E-state index in [1.165, 1.54) is 49.1 Å². The second-order valence-electron chi connectivity index (χ2n) is 6.28. The summed E-state index contributed by atoms with van der Waals surface area (Å²) in [6, 6.07) is 13.1. The lowest BCUT2D eigenvalue weighted by molar-refractivity contribution is -0.741. The molecule has 1 heterocycles. The van der Waals surface area contributed by atoms with Crippen molar-refractivity contribution in [2.45, 2.75) is 38.0 Å². The first-order valence-corrected chi connectivity index (χ1v) is 9.79. The molecule has 0 N–H and O–H groups in total. The van der Waals surface area contributed by atoms with Gasteiger partial charge < -0.3 is 4.55 Å². The van der Waals surface area contributed by atoms with Crippen LogP contribution in [-0.2, 0) is 28.7 Å². The van der Waals surface area contributed by atoms with Crippen LogP contribution in [0.25, 0.3) is 11.3 Å². The van der Waals surface area contributed by atoms with Crippen LogP contribution in [0.15, 0.2) is 36.4 Å². The van der Waals surface area contributed by atoms with E-state index in [1.807, 2.05) is 0 Å². The monoisotopic (exact) mass is 366 g/mol. The highest BCUT2D eigenvalue weighted by Gasteiger charge is 2.25. The summed E-state index contributed by atoms with van der Waals surface area (Å²) in [5, 5.41) is 0. The molecule has 2 aromatic rings. The van der Waals surface area contributed by atoms with Crippen LogP contribution < -0.4 is 4.68 Å². The van der Waals surface area contributed by atoms with Crippen LogP contribution in [0.4, 0.5) is 0 Å². The summed E-state index contributed by atoms with van der Waals surface area (Å²) in [6.07, 6.45) is 6.90. The summed E-state index contributed by atoms with van der Waals surface area (Å²) >= 11 is 0. The highest BCUT2D eigenvalue weighted by Crippen LogP contribution is 2.33. The minimum atomic E-state index is -4.41. The Labute approximate surface area is 150 Å². The van der Waals surface area contributed by atoms with Crippen molar-refractivity contribution in [3.05, 3.63) is 42.1 Å². The summed E-state index contributed by atoms with van der Waals surface area (Å²) in [5.41, 5.74) is 4.13. The van der Waals surface area contributed by atoms with Crippen molar-refractivity contribution in [2.24, 2.45) is 14.1 Å². The van der Waals surface area contributed by atoms with Crippen molar-refractivity contribution in [2.75, 3.05) is 7.11 Å². The molecule has 1 aliphatic carbocycles. The number of rotatable bonds is 3. The molecule has 0 atom stereocenters. The highest BCUT2D eigenvalue weighted by atomic mass is 32.3. The number of benzene rings is 1. The summed E-state index contributed by atoms with van der Waals surface area (Å²) in [4.78, 5) is 0. The van der Waals surface area contributed by atoms with Crippen molar-refractivity contribution in [3.63, 3.8) is 0 Å². The minimum absolute atomic E-state index is 0.752. The van der Waals surface area contributed by atoms with Gasteiger partial charge in [0, 0.05) is 17.5 Å². The van der Waals surface area contributed by atoms with Gasteiger partial charge in [-0.2, -0.15) is 4.68 Å². The largest absolute Gasteiger partial charge is 0.726 e. The third kappa shape index (κ3) is 5.39. The van der Waals surface area contributed by atoms with Crippen LogP contribution in [0.1, 0.15) is 43.7 Å². The molecule has 0 bridgehead atoms. The van der Waals surface area contributed by atoms with E-state index in [9.17, 15) is 13.0 Å². The maximum absolute atomic E-state index is 9.22. The van der Waals surface area contributed by atoms with Gasteiger partial charge in [-0.25, -0.2) is 8.42 Å². The quantitative estimate of drug-likeness (QED) is 0.475. The third-order valence-corrected chi connectivity index (χ3v) is 5.16. The van der Waals surface area contributed by atoms with Crippen LogP contribution in [0.2, 0.25) is 0 Å². The van der Waals surface area contributed by atoms with Crippen LogP contribution in [-0.4, -0.2) is 24.8 Å². The molecular weight excluding hydrogens is 340 g/mol. The Morgan fingerprint density at radius 3 is 2.24 bits per heavy atom. The van der Waals surface area contributed by atoms with Crippen LogP contribution in [0, 0.1) is 0 Å². The Morgan fingerprint density at radius 1 is 1.16 bits per heavy atom. The molecule has 138 valence electrons. The molecule has 0 saturated heterocycles. The van der Waals surface area contributed by atoms with Gasteiger partial charge in [0.2, 0.25) is 16.1 Å². The molecule has 1 aromatic heterocycles. The highest BCUT2D eigenvalue weighted by molar-refractivity contribution is 7.80. The number of hydrogen-bond donors (Lipinski definition) is 0. The summed E-state index contributed by atoms with van der Waals surface area (Å²) in [5.74, 6) is 0.752. The fourth-order valence-electron chi connectivity index (χ4n) is 3.32. The van der Waals surface area contributed by atoms with Gasteiger partial charge in [0.1, 0.15) is 0 Å². The van der Waals surface area contributed by atoms with Gasteiger partial charge in [0.05, 0.1) is 19.9 Å². The normalized spacial score (nSPS) is 15.5. The Morgan fingerprint density at radius 2 is 1.72 bits per heavy atom. The molecule has 7 heteroatoms. The molecular formula is C18H26N2O4S. The second-order valence-corrected chi connectivity index (χ2v) is 7.43. The van der Waals surface area contributed by atoms with Gasteiger partial charge in [0.15, 0.2) is 7.05 Å². The molecule has 1 aliphatic rings. The average Bonchev–Trinajstić information content (AvgIpc) is 2.92. The van der Waals surface area contributed by atoms with E-state index in [0.29, 0.717) is 0 Å². The maximum atomic E-state index is 9.22. The molecule has 25 heavy (non-hydrogen) atoms. The molecule has 1 saturated carbocycles. The predicted octanol–water partition coefficient (Wildman–Crippen LogP) is 2.66. The van der Waals surface area contributed by atoms with Gasteiger partial charge in [-0.3, -0.25) is 4.18 Å². The standard InChI is InChI=1S/C17H23N2.CH4O4S/c1-18-16(14-9-5-3-6-10-14)13-17(19(18)2)15-11-7-4-8-12-15;1-5-6(2,3)4/h3,5-6,9-10,13,15H,4,7-8,11-12H2,1-2H3;1H3,(H,2,3,4)/q+1;/p-1. The number of aromatic nitrogens is 2. The zero-order chi connectivity index (χ0) is 18.4. The number of nitrogens with zero attached hydrogens (tertiary/aromatic N) is 2. The van der Waals surface area contributed by atoms with Crippen molar-refractivity contribution in [1.82, 2.24) is 4.68 Å². The lowest BCUT2D eigenvalue weighted by atomic mass is 9.86. The number of hydrogen-bond acceptors (Lipinski definition) is 4. The molecule has 0 unspecified atom stereocenters. The van der Waals surface area contributed by atoms with E-state index in [-0.39, 0.29) is 0 Å². The van der Waals surface area contributed by atoms with E-state index < -0.39 is 10.4 Å². The van der Waals surface area contributed by atoms with Crippen LogP contribution in [0.3, 0.4) is 0 Å². The Bertz CT molecular complexity index is 779. The first-order chi connectivity index (χ1) is 11.8. The molecule has 1 aromatic carbocycles. The van der Waals surface area contributed by atoms with Crippen molar-refractivity contribution in [1.29, 1.82) is 0 Å². The molecule has 0 radical (unpaired) electrons. The van der Waals surface area contributed by atoms with Crippen molar-refractivity contribution in [3.8, 4) is 11.3 Å². The average molecular weight is 366 g/mol. The van der Waals surface area contributed by atoms with E-state index in [0.717, 1.165) is 13.0 Å². The summed E-state index contributed by atoms with van der Waals surface area (Å²) in [6.45, 7) is 0. The predicted molar refractivity (Wildman–Crippen MR) is 94.6 cm³/mol. The van der Waals surface area contributed by atoms with Crippen molar-refractivity contribution >= 4 is 10.4 Å². The summed E-state index contributed by atoms with van der Waals surface area (Å²) < 4.78 is 35.6. The van der Waals surface area contributed by atoms with E-state index in [4.69, 9.17) is 0 Å². The zero-order valence-electron chi connectivity index (χ0n) is 15.0. The first-order valence-electron chi connectivity index (χ1n) is 8.46. The van der Waals surface area contributed by atoms with Gasteiger partial charge in [-0.15, -0.1) is 4.68 Å². The third-order valence-electron chi connectivity index (χ3n) is 4.75. The van der Waals surface area contributed by atoms with Gasteiger partial charge >= 0.3 is 0 Å². The Kier molecular flexibility index (Phi) is 6.75. The molecule has 3 rings (SSSR count). The van der Waals surface area contributed by atoms with E-state index in [2.05, 4.69) is 64.0 Å². The fraction of sp³-hybridized carbons (Fsp3) is 0.500. The maximum Gasteiger partial charge on any atom is 0.238 e. The van der Waals surface area contributed by atoms with Crippen molar-refractivity contribution < 1.29 is 21.8 Å². The zero-order valence-corrected chi connectivity index (χ0v) is 15.8. The summed E-state index contributed by atoms with van der Waals surface area (Å²) in [7, 11) is 0.748. The molecule has 0 spiro atoms. The lowest BCUT2D eigenvalue weighted by Crippen LogP contribution is -2.40. The Balaban J connectivity index is 0.000000326. The molecule has 0 amide bonds. The SMILES string of the molecule is COS(=O)(=O)[O-].Cn1c(C2CCCCC2)cc(-c2ccccc2)[n+]1C. The Hall–Kier alpha value is -1.70. The van der Waals surface area contributed by atoms with Crippen LogP contribution in [0.5, 0.6) is 0 Å². The molecule has 6 nitrogen and oxygen atoms in total. The fourth-order valence-corrected chi connectivity index (χ4v) is 3.32. The van der Waals surface area contributed by atoms with Gasteiger partial charge in [0.25, 0.3) is 0 Å². The minimum Gasteiger partial charge on any atom is -0.726 e. The second kappa shape index (κ2) is 8.60. The smallest absolute Gasteiger partial charge is 0.238 e. The van der Waals surface area contributed by atoms with Gasteiger partial charge in [-0.1, -0.05) is 37.5 Å².